The van der Waals surface area contributed by atoms with Gasteiger partial charge in [0.05, 0.1) is 22.6 Å². The summed E-state index contributed by atoms with van der Waals surface area (Å²) in [6.45, 7) is -0.380. The van der Waals surface area contributed by atoms with Crippen molar-refractivity contribution in [1.29, 1.82) is 0 Å². The lowest BCUT2D eigenvalue weighted by atomic mass is 10.1. The van der Waals surface area contributed by atoms with Crippen LogP contribution in [0, 0.1) is 11.6 Å². The first kappa shape index (κ1) is 40.4. The number of hydrogen-bond donors (Lipinski definition) is 1. The van der Waals surface area contributed by atoms with Crippen molar-refractivity contribution in [2.45, 2.75) is 50.6 Å². The first-order valence-corrected chi connectivity index (χ1v) is 16.2. The van der Waals surface area contributed by atoms with Crippen LogP contribution in [-0.4, -0.2) is 46.3 Å². The van der Waals surface area contributed by atoms with E-state index in [4.69, 9.17) is 9.57 Å². The molecule has 1 aliphatic heterocycles. The maximum absolute atomic E-state index is 13.7. The molecule has 1 aliphatic rings. The van der Waals surface area contributed by atoms with Gasteiger partial charge in [0, 0.05) is 25.7 Å². The van der Waals surface area contributed by atoms with Gasteiger partial charge in [-0.1, -0.05) is 11.2 Å². The molecule has 0 radical (unpaired) electrons. The van der Waals surface area contributed by atoms with Crippen molar-refractivity contribution in [3.05, 3.63) is 94.8 Å². The van der Waals surface area contributed by atoms with Crippen molar-refractivity contribution in [2.24, 2.45) is 12.2 Å². The lowest BCUT2D eigenvalue weighted by molar-refractivity contribution is -0.142. The molecule has 0 spiro atoms. The van der Waals surface area contributed by atoms with Gasteiger partial charge in [0.25, 0.3) is 5.91 Å². The van der Waals surface area contributed by atoms with Gasteiger partial charge in [-0.05, 0) is 56.3 Å². The third kappa shape index (κ3) is 10.4. The zero-order valence-corrected chi connectivity index (χ0v) is 28.0. The van der Waals surface area contributed by atoms with Crippen molar-refractivity contribution in [3.8, 4) is 17.5 Å². The van der Waals surface area contributed by atoms with Crippen LogP contribution < -0.4 is 14.8 Å². The number of rotatable bonds is 8. The van der Waals surface area contributed by atoms with Gasteiger partial charge in [0.1, 0.15) is 28.5 Å². The van der Waals surface area contributed by atoms with Crippen LogP contribution in [0.5, 0.6) is 17.5 Å². The predicted molar refractivity (Wildman–Crippen MR) is 165 cm³/mol. The number of carbonyl (C=O) groups excluding carboxylic acids is 1. The number of hydrogen-bond acceptors (Lipinski definition) is 9. The molecule has 4 aromatic rings. The summed E-state index contributed by atoms with van der Waals surface area (Å²) in [7, 11) is -3.43. The van der Waals surface area contributed by atoms with Crippen LogP contribution in [0.25, 0.3) is 0 Å². The van der Waals surface area contributed by atoms with Crippen molar-refractivity contribution >= 4 is 26.5 Å². The number of aryl methyl sites for hydroxylation is 1. The first-order chi connectivity index (χ1) is 24.5. The van der Waals surface area contributed by atoms with Crippen molar-refractivity contribution in [3.63, 3.8) is 0 Å². The number of sulfone groups is 1. The Morgan fingerprint density at radius 3 is 2.30 bits per heavy atom. The number of benzene rings is 2. The van der Waals surface area contributed by atoms with Crippen LogP contribution in [0.4, 0.5) is 49.6 Å². The van der Waals surface area contributed by atoms with Crippen LogP contribution >= 0.6 is 0 Å². The SMILES string of the molecule is Cn1nc(C(F)(F)F)c(CS(=O)(=O)C2=NOC(C)(C)C2)c1OC(F)F.O=C(Nc1ccc(F)cc1F)c1cccnc1Oc1cccc(C(F)(F)F)c1. The Morgan fingerprint density at radius 1 is 1.02 bits per heavy atom. The Balaban J connectivity index is 0.000000238. The van der Waals surface area contributed by atoms with E-state index in [9.17, 15) is 57.1 Å². The van der Waals surface area contributed by atoms with E-state index in [1.54, 1.807) is 0 Å². The second kappa shape index (κ2) is 15.3. The van der Waals surface area contributed by atoms with Gasteiger partial charge in [0.2, 0.25) is 11.8 Å². The van der Waals surface area contributed by atoms with E-state index >= 15 is 0 Å². The Hall–Kier alpha value is -5.41. The number of nitrogens with zero attached hydrogens (tertiary/aromatic N) is 4. The molecule has 2 aromatic carbocycles. The topological polar surface area (TPSA) is 134 Å². The summed E-state index contributed by atoms with van der Waals surface area (Å²) in [6.07, 6.45) is -8.51. The van der Waals surface area contributed by atoms with Crippen molar-refractivity contribution in [1.82, 2.24) is 14.8 Å². The average molecular weight is 786 g/mol. The fraction of sp³-hybridized carbons (Fsp3) is 0.290. The fourth-order valence-corrected chi connectivity index (χ4v) is 5.98. The molecular weight excluding hydrogens is 760 g/mol. The molecule has 0 fully saturated rings. The van der Waals surface area contributed by atoms with Gasteiger partial charge in [-0.25, -0.2) is 26.9 Å². The van der Waals surface area contributed by atoms with E-state index in [1.807, 2.05) is 0 Å². The number of carbonyl (C=O) groups is 1. The molecular formula is C31H25F10N5O6S. The minimum atomic E-state index is -5.06. The van der Waals surface area contributed by atoms with Crippen LogP contribution in [0.3, 0.4) is 0 Å². The number of ether oxygens (including phenoxy) is 2. The van der Waals surface area contributed by atoms with Gasteiger partial charge in [-0.15, -0.1) is 0 Å². The highest BCUT2D eigenvalue weighted by Gasteiger charge is 2.43. The smallest absolute Gasteiger partial charge is 0.435 e. The van der Waals surface area contributed by atoms with Crippen LogP contribution in [0.1, 0.15) is 47.4 Å². The Bertz CT molecular complexity index is 2120. The summed E-state index contributed by atoms with van der Waals surface area (Å²) < 4.78 is 164. The molecule has 22 heteroatoms. The molecule has 1 amide bonds. The minimum Gasteiger partial charge on any atom is -0.438 e. The van der Waals surface area contributed by atoms with Crippen molar-refractivity contribution < 1.29 is 71.4 Å². The summed E-state index contributed by atoms with van der Waals surface area (Å²) in [5.41, 5.74) is -4.92. The molecule has 53 heavy (non-hydrogen) atoms. The molecule has 5 rings (SSSR count). The maximum atomic E-state index is 13.7. The van der Waals surface area contributed by atoms with E-state index in [0.717, 1.165) is 37.4 Å². The maximum Gasteiger partial charge on any atom is 0.435 e. The second-order valence-electron chi connectivity index (χ2n) is 11.5. The van der Waals surface area contributed by atoms with E-state index in [2.05, 4.69) is 25.3 Å². The third-order valence-corrected chi connectivity index (χ3v) is 8.40. The molecule has 2 aromatic heterocycles. The molecule has 0 bridgehead atoms. The molecule has 286 valence electrons. The van der Waals surface area contributed by atoms with E-state index in [1.165, 1.54) is 38.2 Å². The normalized spacial score (nSPS) is 14.2. The van der Waals surface area contributed by atoms with E-state index in [0.29, 0.717) is 10.7 Å². The summed E-state index contributed by atoms with van der Waals surface area (Å²) in [5, 5.41) is 8.21. The number of oxime groups is 1. The van der Waals surface area contributed by atoms with Crippen molar-refractivity contribution in [2.75, 3.05) is 5.32 Å². The minimum absolute atomic E-state index is 0.149. The number of aromatic nitrogens is 3. The highest BCUT2D eigenvalue weighted by Crippen LogP contribution is 2.38. The monoisotopic (exact) mass is 785 g/mol. The van der Waals surface area contributed by atoms with Crippen LogP contribution in [0.2, 0.25) is 0 Å². The summed E-state index contributed by atoms with van der Waals surface area (Å²) >= 11 is 0. The van der Waals surface area contributed by atoms with Gasteiger partial charge >= 0.3 is 19.0 Å². The van der Waals surface area contributed by atoms with E-state index < -0.39 is 85.4 Å². The number of alkyl halides is 8. The summed E-state index contributed by atoms with van der Waals surface area (Å²) in [6, 6.07) is 9.33. The number of amides is 1. The first-order valence-electron chi connectivity index (χ1n) is 14.6. The molecule has 11 nitrogen and oxygen atoms in total. The zero-order valence-electron chi connectivity index (χ0n) is 27.2. The quantitative estimate of drug-likeness (QED) is 0.178. The van der Waals surface area contributed by atoms with Gasteiger partial charge < -0.3 is 19.6 Å². The molecule has 0 aliphatic carbocycles. The van der Waals surface area contributed by atoms with Gasteiger partial charge in [-0.2, -0.15) is 40.2 Å². The predicted octanol–water partition coefficient (Wildman–Crippen LogP) is 7.89. The van der Waals surface area contributed by atoms with Gasteiger partial charge in [-0.3, -0.25) is 4.79 Å². The largest absolute Gasteiger partial charge is 0.438 e. The lowest BCUT2D eigenvalue weighted by Gasteiger charge is -2.13. The average Bonchev–Trinajstić information content (AvgIpc) is 3.57. The van der Waals surface area contributed by atoms with E-state index in [-0.39, 0.29) is 29.3 Å². The zero-order chi connectivity index (χ0) is 39.5. The molecule has 0 atom stereocenters. The Kier molecular flexibility index (Phi) is 11.6. The molecule has 3 heterocycles. The molecule has 1 N–H and O–H groups in total. The Labute approximate surface area is 293 Å². The molecule has 0 saturated carbocycles. The summed E-state index contributed by atoms with van der Waals surface area (Å²) in [4.78, 5) is 21.2. The second-order valence-corrected chi connectivity index (χ2v) is 13.5. The number of pyridine rings is 1. The Morgan fingerprint density at radius 2 is 1.72 bits per heavy atom. The third-order valence-electron chi connectivity index (χ3n) is 6.79. The van der Waals surface area contributed by atoms with Crippen LogP contribution in [-0.2, 0) is 39.8 Å². The highest BCUT2D eigenvalue weighted by atomic mass is 32.2. The number of halogens is 10. The lowest BCUT2D eigenvalue weighted by Crippen LogP contribution is -2.24. The van der Waals surface area contributed by atoms with Crippen LogP contribution in [0.15, 0.2) is 65.9 Å². The molecule has 0 saturated heterocycles. The van der Waals surface area contributed by atoms with Gasteiger partial charge in [0.15, 0.2) is 20.6 Å². The summed E-state index contributed by atoms with van der Waals surface area (Å²) in [5.74, 6) is -5.33. The number of anilines is 1. The fourth-order valence-electron chi connectivity index (χ4n) is 4.46. The highest BCUT2D eigenvalue weighted by molar-refractivity contribution is 8.05. The number of nitrogens with one attached hydrogen (secondary N) is 1. The standard InChI is InChI=1S/C19H11F5N2O2.C12H14F5N3O4S/c20-12-6-7-16(15(21)10-12)26-17(27)14-5-2-8-25-18(14)28-13-4-1-3-11(9-13)19(22,23)24;1-11(2)4-7(19-24-11)25(21,22)5-6-8(12(15,16)17)18-20(3)9(6)23-10(13)14/h1-10H,(H,26,27);10H,4-5H2,1-3H3. The molecule has 0 unspecified atom stereocenters.